The van der Waals surface area contributed by atoms with Crippen LogP contribution in [0.3, 0.4) is 0 Å². The van der Waals surface area contributed by atoms with Crippen LogP contribution < -0.4 is 11.5 Å². The Balaban J connectivity index is 1.47. The molecular formula is C26H47N3O4. The van der Waals surface area contributed by atoms with E-state index in [0.717, 1.165) is 58.0 Å². The molecular weight excluding hydrogens is 418 g/mol. The van der Waals surface area contributed by atoms with Gasteiger partial charge in [0.25, 0.3) is 0 Å². The first kappa shape index (κ1) is 25.4. The number of hydrogen-bond acceptors (Lipinski definition) is 7. The van der Waals surface area contributed by atoms with Crippen molar-refractivity contribution in [3.8, 4) is 0 Å². The fourth-order valence-corrected chi connectivity index (χ4v) is 8.26. The van der Waals surface area contributed by atoms with Crippen molar-refractivity contribution in [1.29, 1.82) is 0 Å². The van der Waals surface area contributed by atoms with E-state index >= 15 is 0 Å². The van der Waals surface area contributed by atoms with Gasteiger partial charge in [-0.05, 0) is 107 Å². The second kappa shape index (κ2) is 9.73. The minimum Gasteiger partial charge on any atom is -0.396 e. The number of nitrogens with zero attached hydrogens (tertiary/aromatic N) is 1. The average molecular weight is 466 g/mol. The van der Waals surface area contributed by atoms with Gasteiger partial charge in [-0.2, -0.15) is 0 Å². The summed E-state index contributed by atoms with van der Waals surface area (Å²) in [6.45, 7) is 7.02. The summed E-state index contributed by atoms with van der Waals surface area (Å²) in [7, 11) is 0. The molecule has 0 aromatic rings. The second-order valence-electron chi connectivity index (χ2n) is 11.8. The average Bonchev–Trinajstić information content (AvgIpc) is 3.01. The Morgan fingerprint density at radius 3 is 2.42 bits per heavy atom. The van der Waals surface area contributed by atoms with Crippen molar-refractivity contribution in [2.75, 3.05) is 26.3 Å². The predicted molar refractivity (Wildman–Crippen MR) is 130 cm³/mol. The topological polar surface area (TPSA) is 123 Å². The molecule has 4 saturated carbocycles. The second-order valence-corrected chi connectivity index (χ2v) is 11.8. The first-order chi connectivity index (χ1) is 15.7. The Morgan fingerprint density at radius 1 is 0.909 bits per heavy atom. The van der Waals surface area contributed by atoms with E-state index in [2.05, 4.69) is 19.0 Å². The van der Waals surface area contributed by atoms with Crippen molar-refractivity contribution in [2.24, 2.45) is 45.2 Å². The molecule has 0 spiro atoms. The quantitative estimate of drug-likeness (QED) is 0.236. The minimum absolute atomic E-state index is 0.229. The molecule has 0 saturated heterocycles. The van der Waals surface area contributed by atoms with E-state index in [0.29, 0.717) is 50.5 Å². The lowest BCUT2D eigenvalue weighted by atomic mass is 9.43. The monoisotopic (exact) mass is 465 g/mol. The van der Waals surface area contributed by atoms with E-state index in [1.165, 1.54) is 6.42 Å². The first-order valence-corrected chi connectivity index (χ1v) is 13.4. The summed E-state index contributed by atoms with van der Waals surface area (Å²) >= 11 is 0. The molecule has 6 N–H and O–H groups in total. The molecule has 4 aliphatic carbocycles. The molecule has 4 rings (SSSR count). The van der Waals surface area contributed by atoms with E-state index in [1.807, 2.05) is 0 Å². The molecule has 0 heterocycles. The summed E-state index contributed by atoms with van der Waals surface area (Å²) in [5, 5.41) is 28.0. The van der Waals surface area contributed by atoms with Gasteiger partial charge in [0.2, 0.25) is 0 Å². The number of rotatable bonds is 9. The van der Waals surface area contributed by atoms with Gasteiger partial charge in [-0.25, -0.2) is 0 Å². The lowest BCUT2D eigenvalue weighted by Gasteiger charge is -2.64. The molecule has 0 amide bonds. The van der Waals surface area contributed by atoms with Gasteiger partial charge < -0.3 is 31.3 Å². The van der Waals surface area contributed by atoms with E-state index in [4.69, 9.17) is 21.0 Å². The fraction of sp³-hybridized carbons (Fsp3) is 0.962. The number of ether oxygens (including phenoxy) is 1. The van der Waals surface area contributed by atoms with Gasteiger partial charge in [-0.3, -0.25) is 0 Å². The molecule has 0 radical (unpaired) electrons. The Kier molecular flexibility index (Phi) is 7.48. The van der Waals surface area contributed by atoms with Gasteiger partial charge in [-0.15, -0.1) is 0 Å². The molecule has 7 heteroatoms. The third-order valence-corrected chi connectivity index (χ3v) is 10.5. The van der Waals surface area contributed by atoms with Gasteiger partial charge in [0.15, 0.2) is 0 Å². The summed E-state index contributed by atoms with van der Waals surface area (Å²) in [5.41, 5.74) is 8.79. The predicted octanol–water partition coefficient (Wildman–Crippen LogP) is 2.96. The molecule has 4 aliphatic rings. The number of aliphatic hydroxyl groups is 2. The van der Waals surface area contributed by atoms with Crippen LogP contribution in [-0.2, 0) is 9.57 Å². The van der Waals surface area contributed by atoms with Crippen LogP contribution in [0.25, 0.3) is 0 Å². The summed E-state index contributed by atoms with van der Waals surface area (Å²) in [6, 6.07) is 0. The van der Waals surface area contributed by atoms with Crippen LogP contribution in [0.15, 0.2) is 5.16 Å². The zero-order chi connectivity index (χ0) is 23.7. The molecule has 8 atom stereocenters. The Labute approximate surface area is 199 Å². The Morgan fingerprint density at radius 2 is 1.67 bits per heavy atom. The lowest BCUT2D eigenvalue weighted by molar-refractivity contribution is -0.225. The SMILES string of the molecule is C[C@]12CC[C@H](OCCCN)C[C@H]1CC[C@@H]1[C@@H]2CC[C@]2(C)[C@@](O)(/C=N/OCCCN)CC[C@]12O. The van der Waals surface area contributed by atoms with Gasteiger partial charge in [0, 0.05) is 12.0 Å². The van der Waals surface area contributed by atoms with Crippen LogP contribution in [-0.4, -0.2) is 60.0 Å². The normalized spacial score (nSPS) is 47.2. The standard InChI is InChI=1S/C26H47N3O4/c1-23-9-7-20(32-15-3-13-27)17-19(23)5-6-22-21(23)8-10-24(2)25(30,11-12-26(22,24)31)18-29-33-16-4-14-28/h18-22,30-31H,3-17,27-28H2,1-2H3/b29-18+/t19-,20+,21+,22-,23+,24-,25+,26+/m1/s1. The van der Waals surface area contributed by atoms with Crippen LogP contribution in [0.1, 0.15) is 84.5 Å². The largest absolute Gasteiger partial charge is 0.396 e. The minimum atomic E-state index is -1.14. The van der Waals surface area contributed by atoms with Crippen molar-refractivity contribution < 1.29 is 19.8 Å². The maximum atomic E-state index is 12.2. The summed E-state index contributed by atoms with van der Waals surface area (Å²) in [4.78, 5) is 5.33. The third kappa shape index (κ3) is 4.16. The van der Waals surface area contributed by atoms with Crippen molar-refractivity contribution >= 4 is 6.21 Å². The highest BCUT2D eigenvalue weighted by Gasteiger charge is 2.71. The Bertz CT molecular complexity index is 707. The van der Waals surface area contributed by atoms with Gasteiger partial charge in [0.1, 0.15) is 12.2 Å². The zero-order valence-corrected chi connectivity index (χ0v) is 20.8. The van der Waals surface area contributed by atoms with Crippen molar-refractivity contribution in [3.63, 3.8) is 0 Å². The van der Waals surface area contributed by atoms with Crippen LogP contribution in [0.2, 0.25) is 0 Å². The highest BCUT2D eigenvalue weighted by atomic mass is 16.6. The maximum absolute atomic E-state index is 12.2. The third-order valence-electron chi connectivity index (χ3n) is 10.5. The van der Waals surface area contributed by atoms with Crippen LogP contribution in [0, 0.1) is 28.6 Å². The summed E-state index contributed by atoms with van der Waals surface area (Å²) in [5.74, 6) is 1.38. The smallest absolute Gasteiger partial charge is 0.118 e. The van der Waals surface area contributed by atoms with E-state index in [-0.39, 0.29) is 11.3 Å². The number of nitrogens with two attached hydrogens (primary N) is 2. The highest BCUT2D eigenvalue weighted by Crippen LogP contribution is 2.69. The molecule has 0 bridgehead atoms. The van der Waals surface area contributed by atoms with Crippen molar-refractivity contribution in [1.82, 2.24) is 0 Å². The maximum Gasteiger partial charge on any atom is 0.118 e. The molecule has 0 aromatic carbocycles. The van der Waals surface area contributed by atoms with E-state index in [9.17, 15) is 10.2 Å². The highest BCUT2D eigenvalue weighted by molar-refractivity contribution is 5.71. The molecule has 4 fully saturated rings. The molecule has 0 aliphatic heterocycles. The Hall–Kier alpha value is -0.730. The van der Waals surface area contributed by atoms with Crippen molar-refractivity contribution in [3.05, 3.63) is 0 Å². The molecule has 0 aromatic heterocycles. The van der Waals surface area contributed by atoms with Crippen LogP contribution >= 0.6 is 0 Å². The van der Waals surface area contributed by atoms with Gasteiger partial charge >= 0.3 is 0 Å². The van der Waals surface area contributed by atoms with E-state index in [1.54, 1.807) is 6.21 Å². The van der Waals surface area contributed by atoms with Gasteiger partial charge in [-0.1, -0.05) is 19.0 Å². The first-order valence-electron chi connectivity index (χ1n) is 13.4. The molecule has 33 heavy (non-hydrogen) atoms. The molecule has 7 nitrogen and oxygen atoms in total. The molecule has 0 unspecified atom stereocenters. The lowest BCUT2D eigenvalue weighted by Crippen LogP contribution is -2.65. The number of oxime groups is 1. The molecule has 190 valence electrons. The summed E-state index contributed by atoms with van der Waals surface area (Å²) in [6.07, 6.45) is 12.2. The fourth-order valence-electron chi connectivity index (χ4n) is 8.26. The number of fused-ring (bicyclic) bond motifs is 5. The van der Waals surface area contributed by atoms with E-state index < -0.39 is 16.6 Å². The van der Waals surface area contributed by atoms with Crippen molar-refractivity contribution in [2.45, 2.75) is 102 Å². The van der Waals surface area contributed by atoms with Crippen LogP contribution in [0.4, 0.5) is 0 Å². The summed E-state index contributed by atoms with van der Waals surface area (Å²) < 4.78 is 6.15. The van der Waals surface area contributed by atoms with Crippen LogP contribution in [0.5, 0.6) is 0 Å². The zero-order valence-electron chi connectivity index (χ0n) is 20.8. The van der Waals surface area contributed by atoms with Gasteiger partial charge in [0.05, 0.1) is 17.9 Å². The number of hydrogen-bond donors (Lipinski definition) is 4.